The van der Waals surface area contributed by atoms with E-state index < -0.39 is 27.7 Å². The van der Waals surface area contributed by atoms with Gasteiger partial charge in [-0.25, -0.2) is 8.42 Å². The fraction of sp³-hybridized carbons (Fsp3) is 0.367. The molecule has 2 aliphatic heterocycles. The summed E-state index contributed by atoms with van der Waals surface area (Å²) in [6, 6.07) is 16.0. The maximum atomic E-state index is 13.3. The van der Waals surface area contributed by atoms with Crippen LogP contribution in [0.25, 0.3) is 0 Å². The van der Waals surface area contributed by atoms with Crippen LogP contribution in [-0.4, -0.2) is 54.5 Å². The van der Waals surface area contributed by atoms with Crippen molar-refractivity contribution in [2.75, 3.05) is 18.4 Å². The van der Waals surface area contributed by atoms with E-state index in [4.69, 9.17) is 0 Å². The van der Waals surface area contributed by atoms with Gasteiger partial charge in [0.15, 0.2) is 0 Å². The third kappa shape index (κ3) is 6.57. The standard InChI is InChI=1S/C30H35N5O5S2/c1-20-8-6-7-16-35(20)42(39,40)24-13-11-23(12-14-24)28(37)31-30-27(29(38)33-32-21(2)36)25-15-17-34(19-26(25)41-30)18-22-9-4-3-5-10-22/h3-5,9-14,20H,6-8,15-19H2,1-2H3,(H,31,37)(H,32,36)(H,33,38). The second-order valence-corrected chi connectivity index (χ2v) is 13.7. The van der Waals surface area contributed by atoms with Gasteiger partial charge in [-0.15, -0.1) is 11.3 Å². The van der Waals surface area contributed by atoms with E-state index in [1.807, 2.05) is 25.1 Å². The molecular weight excluding hydrogens is 574 g/mol. The number of benzene rings is 2. The van der Waals surface area contributed by atoms with Gasteiger partial charge in [-0.1, -0.05) is 36.8 Å². The monoisotopic (exact) mass is 609 g/mol. The summed E-state index contributed by atoms with van der Waals surface area (Å²) < 4.78 is 27.9. The first-order valence-electron chi connectivity index (χ1n) is 14.0. The molecule has 0 radical (unpaired) electrons. The number of sulfonamides is 1. The Kier molecular flexibility index (Phi) is 9.07. The summed E-state index contributed by atoms with van der Waals surface area (Å²) >= 11 is 1.34. The number of hydrogen-bond acceptors (Lipinski definition) is 7. The molecular formula is C30H35N5O5S2. The summed E-state index contributed by atoms with van der Waals surface area (Å²) in [5.74, 6) is -1.38. The van der Waals surface area contributed by atoms with Gasteiger partial charge in [0, 0.05) is 49.6 Å². The first kappa shape index (κ1) is 29.9. The fourth-order valence-electron chi connectivity index (χ4n) is 5.49. The normalized spacial score (nSPS) is 17.7. The van der Waals surface area contributed by atoms with Gasteiger partial charge < -0.3 is 5.32 Å². The van der Waals surface area contributed by atoms with Crippen LogP contribution in [0.3, 0.4) is 0 Å². The third-order valence-corrected chi connectivity index (χ3v) is 10.8. The number of nitrogens with zero attached hydrogens (tertiary/aromatic N) is 2. The average molecular weight is 610 g/mol. The van der Waals surface area contributed by atoms with E-state index >= 15 is 0 Å². The van der Waals surface area contributed by atoms with E-state index in [2.05, 4.69) is 33.2 Å². The van der Waals surface area contributed by atoms with E-state index in [0.29, 0.717) is 30.1 Å². The summed E-state index contributed by atoms with van der Waals surface area (Å²) in [7, 11) is -3.66. The van der Waals surface area contributed by atoms with Crippen molar-refractivity contribution in [1.82, 2.24) is 20.1 Å². The fourth-order valence-corrected chi connectivity index (χ4v) is 8.47. The Labute approximate surface area is 250 Å². The minimum Gasteiger partial charge on any atom is -0.313 e. The minimum absolute atomic E-state index is 0.0673. The van der Waals surface area contributed by atoms with Gasteiger partial charge in [0.25, 0.3) is 11.8 Å². The highest BCUT2D eigenvalue weighted by molar-refractivity contribution is 7.89. The molecule has 3 aromatic rings. The molecule has 3 heterocycles. The summed E-state index contributed by atoms with van der Waals surface area (Å²) in [6.45, 7) is 5.81. The maximum absolute atomic E-state index is 13.3. The van der Waals surface area contributed by atoms with Crippen LogP contribution in [0.2, 0.25) is 0 Å². The summed E-state index contributed by atoms with van der Waals surface area (Å²) in [6.07, 6.45) is 3.27. The van der Waals surface area contributed by atoms with Gasteiger partial charge >= 0.3 is 0 Å². The Morgan fingerprint density at radius 1 is 0.952 bits per heavy atom. The van der Waals surface area contributed by atoms with E-state index in [-0.39, 0.29) is 16.5 Å². The van der Waals surface area contributed by atoms with Crippen molar-refractivity contribution in [2.24, 2.45) is 0 Å². The van der Waals surface area contributed by atoms with Crippen molar-refractivity contribution in [3.8, 4) is 0 Å². The van der Waals surface area contributed by atoms with E-state index in [9.17, 15) is 22.8 Å². The number of nitrogens with one attached hydrogen (secondary N) is 3. The van der Waals surface area contributed by atoms with Gasteiger partial charge in [-0.3, -0.25) is 30.1 Å². The van der Waals surface area contributed by atoms with Crippen LogP contribution in [-0.2, 0) is 34.3 Å². The number of carbonyl (C=O) groups excluding carboxylic acids is 3. The van der Waals surface area contributed by atoms with Crippen molar-refractivity contribution in [3.63, 3.8) is 0 Å². The zero-order valence-corrected chi connectivity index (χ0v) is 25.3. The van der Waals surface area contributed by atoms with Gasteiger partial charge in [0.05, 0.1) is 10.5 Å². The van der Waals surface area contributed by atoms with Crippen LogP contribution < -0.4 is 16.2 Å². The Bertz CT molecular complexity index is 1570. The number of fused-ring (bicyclic) bond motifs is 1. The Balaban J connectivity index is 1.36. The minimum atomic E-state index is -3.66. The van der Waals surface area contributed by atoms with Crippen LogP contribution in [0.15, 0.2) is 59.5 Å². The first-order valence-corrected chi connectivity index (χ1v) is 16.3. The lowest BCUT2D eigenvalue weighted by Gasteiger charge is -2.32. The topological polar surface area (TPSA) is 128 Å². The predicted molar refractivity (Wildman–Crippen MR) is 161 cm³/mol. The van der Waals surface area contributed by atoms with E-state index in [0.717, 1.165) is 42.8 Å². The molecule has 5 rings (SSSR count). The van der Waals surface area contributed by atoms with Gasteiger partial charge in [-0.05, 0) is 61.6 Å². The molecule has 1 fully saturated rings. The van der Waals surface area contributed by atoms with Gasteiger partial charge in [0.1, 0.15) is 5.00 Å². The highest BCUT2D eigenvalue weighted by Gasteiger charge is 2.32. The molecule has 1 atom stereocenters. The van der Waals surface area contributed by atoms with E-state index in [1.165, 1.54) is 52.4 Å². The van der Waals surface area contributed by atoms with Crippen molar-refractivity contribution >= 4 is 44.1 Å². The predicted octanol–water partition coefficient (Wildman–Crippen LogP) is 3.90. The molecule has 12 heteroatoms. The molecule has 10 nitrogen and oxygen atoms in total. The molecule has 222 valence electrons. The number of hydrogen-bond donors (Lipinski definition) is 3. The Morgan fingerprint density at radius 3 is 2.38 bits per heavy atom. The number of rotatable bonds is 7. The Morgan fingerprint density at radius 2 is 1.69 bits per heavy atom. The van der Waals surface area contributed by atoms with E-state index in [1.54, 1.807) is 0 Å². The molecule has 0 bridgehead atoms. The number of anilines is 1. The van der Waals surface area contributed by atoms with Gasteiger partial charge in [0.2, 0.25) is 15.9 Å². The molecule has 3 N–H and O–H groups in total. The van der Waals surface area contributed by atoms with Crippen LogP contribution in [0.1, 0.15) is 69.8 Å². The van der Waals surface area contributed by atoms with Crippen LogP contribution in [0, 0.1) is 0 Å². The number of thiophene rings is 1. The highest BCUT2D eigenvalue weighted by atomic mass is 32.2. The number of hydrazine groups is 1. The first-order chi connectivity index (χ1) is 20.1. The van der Waals surface area contributed by atoms with Crippen molar-refractivity contribution in [2.45, 2.75) is 63.6 Å². The van der Waals surface area contributed by atoms with Crippen LogP contribution in [0.4, 0.5) is 5.00 Å². The molecule has 42 heavy (non-hydrogen) atoms. The van der Waals surface area contributed by atoms with Crippen molar-refractivity contribution < 1.29 is 22.8 Å². The molecule has 3 amide bonds. The molecule has 0 spiro atoms. The molecule has 1 aromatic heterocycles. The molecule has 2 aliphatic rings. The lowest BCUT2D eigenvalue weighted by atomic mass is 10.0. The average Bonchev–Trinajstić information content (AvgIpc) is 3.33. The zero-order chi connectivity index (χ0) is 29.9. The smallest absolute Gasteiger partial charge is 0.272 e. The summed E-state index contributed by atoms with van der Waals surface area (Å²) in [4.78, 5) is 41.3. The lowest BCUT2D eigenvalue weighted by molar-refractivity contribution is -0.119. The summed E-state index contributed by atoms with van der Waals surface area (Å²) in [5, 5.41) is 3.26. The molecule has 2 aromatic carbocycles. The van der Waals surface area contributed by atoms with Gasteiger partial charge in [-0.2, -0.15) is 4.31 Å². The van der Waals surface area contributed by atoms with Crippen molar-refractivity contribution in [1.29, 1.82) is 0 Å². The number of amides is 3. The third-order valence-electron chi connectivity index (χ3n) is 7.66. The zero-order valence-electron chi connectivity index (χ0n) is 23.7. The molecule has 0 aliphatic carbocycles. The quantitative estimate of drug-likeness (QED) is 0.349. The highest BCUT2D eigenvalue weighted by Crippen LogP contribution is 2.38. The second kappa shape index (κ2) is 12.7. The van der Waals surface area contributed by atoms with Crippen LogP contribution in [0.5, 0.6) is 0 Å². The molecule has 1 unspecified atom stereocenters. The molecule has 1 saturated heterocycles. The van der Waals surface area contributed by atoms with Crippen molar-refractivity contribution in [3.05, 3.63) is 81.7 Å². The Hall–Kier alpha value is -3.58. The summed E-state index contributed by atoms with van der Waals surface area (Å²) in [5.41, 5.74) is 7.39. The number of piperidine rings is 1. The maximum Gasteiger partial charge on any atom is 0.272 e. The lowest BCUT2D eigenvalue weighted by Crippen LogP contribution is -2.41. The molecule has 0 saturated carbocycles. The second-order valence-electron chi connectivity index (χ2n) is 10.7. The number of carbonyl (C=O) groups is 3. The van der Waals surface area contributed by atoms with Crippen LogP contribution >= 0.6 is 11.3 Å². The SMILES string of the molecule is CC(=O)NNC(=O)c1c(NC(=O)c2ccc(S(=O)(=O)N3CCCCC3C)cc2)sc2c1CCN(Cc1ccccc1)C2. The largest absolute Gasteiger partial charge is 0.313 e.